The average Bonchev–Trinajstić information content (AvgIpc) is 2.84. The molecule has 0 aliphatic heterocycles. The lowest BCUT2D eigenvalue weighted by Gasteiger charge is -2.14. The Kier molecular flexibility index (Phi) is 4.43. The number of carbonyl (C=O) groups excluding carboxylic acids is 1. The van der Waals surface area contributed by atoms with Gasteiger partial charge in [0.25, 0.3) is 5.91 Å². The van der Waals surface area contributed by atoms with Crippen molar-refractivity contribution in [3.8, 4) is 0 Å². The van der Waals surface area contributed by atoms with E-state index < -0.39 is 0 Å². The molecule has 2 aromatic rings. The van der Waals surface area contributed by atoms with Crippen molar-refractivity contribution in [2.24, 2.45) is 0 Å². The van der Waals surface area contributed by atoms with Gasteiger partial charge in [0, 0.05) is 22.5 Å². The number of halogens is 1. The van der Waals surface area contributed by atoms with E-state index in [1.54, 1.807) is 6.26 Å². The molecule has 2 rings (SSSR count). The van der Waals surface area contributed by atoms with Gasteiger partial charge in [-0.05, 0) is 43.7 Å². The van der Waals surface area contributed by atoms with Crippen molar-refractivity contribution < 1.29 is 9.21 Å². The second kappa shape index (κ2) is 6.06. The van der Waals surface area contributed by atoms with E-state index in [1.165, 1.54) is 0 Å². The maximum absolute atomic E-state index is 12.2. The number of rotatable bonds is 4. The van der Waals surface area contributed by atoms with Gasteiger partial charge < -0.3 is 9.73 Å². The zero-order chi connectivity index (χ0) is 13.8. The molecule has 1 unspecified atom stereocenters. The van der Waals surface area contributed by atoms with Gasteiger partial charge in [-0.2, -0.15) is 0 Å². The summed E-state index contributed by atoms with van der Waals surface area (Å²) in [5.74, 6) is 0.816. The zero-order valence-corrected chi connectivity index (χ0v) is 12.5. The van der Waals surface area contributed by atoms with Crippen LogP contribution in [0.5, 0.6) is 0 Å². The molecule has 1 aromatic carbocycles. The van der Waals surface area contributed by atoms with E-state index in [2.05, 4.69) is 21.2 Å². The molecule has 4 heteroatoms. The minimum absolute atomic E-state index is 0.0250. The Hall–Kier alpha value is -1.55. The van der Waals surface area contributed by atoms with E-state index in [0.717, 1.165) is 15.8 Å². The summed E-state index contributed by atoms with van der Waals surface area (Å²) in [4.78, 5) is 12.2. The van der Waals surface area contributed by atoms with Crippen LogP contribution >= 0.6 is 15.9 Å². The first-order valence-electron chi connectivity index (χ1n) is 6.15. The summed E-state index contributed by atoms with van der Waals surface area (Å²) in [6.07, 6.45) is 2.33. The summed E-state index contributed by atoms with van der Waals surface area (Å²) in [6.45, 7) is 3.90. The van der Waals surface area contributed by atoms with Gasteiger partial charge in [-0.3, -0.25) is 4.79 Å². The predicted molar refractivity (Wildman–Crippen MR) is 78.2 cm³/mol. The van der Waals surface area contributed by atoms with Gasteiger partial charge in [0.1, 0.15) is 5.76 Å². The monoisotopic (exact) mass is 321 g/mol. The number of hydrogen-bond acceptors (Lipinski definition) is 2. The Morgan fingerprint density at radius 2 is 2.21 bits per heavy atom. The molecule has 0 aliphatic rings. The van der Waals surface area contributed by atoms with E-state index in [-0.39, 0.29) is 11.9 Å². The van der Waals surface area contributed by atoms with Gasteiger partial charge in [0.2, 0.25) is 0 Å². The summed E-state index contributed by atoms with van der Waals surface area (Å²) in [5.41, 5.74) is 1.66. The molecular weight excluding hydrogens is 306 g/mol. The summed E-state index contributed by atoms with van der Waals surface area (Å²) < 4.78 is 6.18. The molecule has 0 fully saturated rings. The molecule has 0 saturated heterocycles. The molecule has 3 nitrogen and oxygen atoms in total. The van der Waals surface area contributed by atoms with Crippen LogP contribution in [0.25, 0.3) is 0 Å². The Bertz CT molecular complexity index is 564. The van der Waals surface area contributed by atoms with Crippen LogP contribution in [-0.2, 0) is 6.42 Å². The molecule has 0 spiro atoms. The van der Waals surface area contributed by atoms with E-state index in [4.69, 9.17) is 4.42 Å². The van der Waals surface area contributed by atoms with Crippen LogP contribution in [0.2, 0.25) is 0 Å². The quantitative estimate of drug-likeness (QED) is 0.932. The highest BCUT2D eigenvalue weighted by molar-refractivity contribution is 9.10. The third kappa shape index (κ3) is 3.70. The number of aryl methyl sites for hydroxylation is 1. The van der Waals surface area contributed by atoms with Crippen molar-refractivity contribution in [3.63, 3.8) is 0 Å². The van der Waals surface area contributed by atoms with Gasteiger partial charge >= 0.3 is 0 Å². The second-order valence-electron chi connectivity index (χ2n) is 4.62. The molecule has 0 saturated carbocycles. The third-order valence-corrected chi connectivity index (χ3v) is 3.40. The highest BCUT2D eigenvalue weighted by atomic mass is 79.9. The summed E-state index contributed by atoms with van der Waals surface area (Å²) in [6, 6.07) is 9.48. The molecule has 0 aliphatic carbocycles. The number of hydrogen-bond donors (Lipinski definition) is 1. The molecular formula is C15H16BrNO2. The zero-order valence-electron chi connectivity index (χ0n) is 10.9. The Morgan fingerprint density at radius 3 is 2.89 bits per heavy atom. The number of carbonyl (C=O) groups is 1. The van der Waals surface area contributed by atoms with Crippen molar-refractivity contribution >= 4 is 21.8 Å². The molecule has 1 heterocycles. The predicted octanol–water partition coefficient (Wildman–Crippen LogP) is 3.71. The Balaban J connectivity index is 2.02. The minimum Gasteiger partial charge on any atom is -0.469 e. The van der Waals surface area contributed by atoms with E-state index in [1.807, 2.05) is 44.2 Å². The molecule has 1 atom stereocenters. The molecule has 0 bridgehead atoms. The minimum atomic E-state index is -0.0575. The third-order valence-electron chi connectivity index (χ3n) is 2.91. The lowest BCUT2D eigenvalue weighted by Crippen LogP contribution is -2.34. The smallest absolute Gasteiger partial charge is 0.251 e. The Labute approximate surface area is 121 Å². The standard InChI is InChI=1S/C15H16BrNO2/c1-10-5-6-12(16)9-14(10)15(18)17-11(2)8-13-4-3-7-19-13/h3-7,9,11H,8H2,1-2H3,(H,17,18). The first-order chi connectivity index (χ1) is 9.06. The highest BCUT2D eigenvalue weighted by Gasteiger charge is 2.13. The molecule has 0 radical (unpaired) electrons. The van der Waals surface area contributed by atoms with Crippen LogP contribution in [0, 0.1) is 6.92 Å². The summed E-state index contributed by atoms with van der Waals surface area (Å²) in [7, 11) is 0. The van der Waals surface area contributed by atoms with Crippen molar-refractivity contribution in [1.29, 1.82) is 0 Å². The maximum Gasteiger partial charge on any atom is 0.251 e. The van der Waals surface area contributed by atoms with Crippen LogP contribution in [-0.4, -0.2) is 11.9 Å². The van der Waals surface area contributed by atoms with Gasteiger partial charge in [-0.1, -0.05) is 22.0 Å². The lowest BCUT2D eigenvalue weighted by molar-refractivity contribution is 0.0938. The van der Waals surface area contributed by atoms with Gasteiger partial charge in [-0.25, -0.2) is 0 Å². The van der Waals surface area contributed by atoms with Crippen LogP contribution in [0.4, 0.5) is 0 Å². The van der Waals surface area contributed by atoms with Gasteiger partial charge in [0.05, 0.1) is 6.26 Å². The fourth-order valence-corrected chi connectivity index (χ4v) is 2.28. The Morgan fingerprint density at radius 1 is 1.42 bits per heavy atom. The summed E-state index contributed by atoms with van der Waals surface area (Å²) >= 11 is 3.38. The average molecular weight is 322 g/mol. The first-order valence-corrected chi connectivity index (χ1v) is 6.95. The molecule has 19 heavy (non-hydrogen) atoms. The van der Waals surface area contributed by atoms with Crippen molar-refractivity contribution in [2.45, 2.75) is 26.3 Å². The molecule has 1 aromatic heterocycles. The molecule has 1 N–H and O–H groups in total. The number of nitrogens with one attached hydrogen (secondary N) is 1. The van der Waals surface area contributed by atoms with Crippen LogP contribution in [0.3, 0.4) is 0 Å². The summed E-state index contributed by atoms with van der Waals surface area (Å²) in [5, 5.41) is 2.98. The van der Waals surface area contributed by atoms with Crippen molar-refractivity contribution in [3.05, 3.63) is 58.0 Å². The van der Waals surface area contributed by atoms with Crippen LogP contribution in [0.1, 0.15) is 28.6 Å². The largest absolute Gasteiger partial charge is 0.469 e. The van der Waals surface area contributed by atoms with Crippen molar-refractivity contribution in [2.75, 3.05) is 0 Å². The topological polar surface area (TPSA) is 42.2 Å². The van der Waals surface area contributed by atoms with Crippen LogP contribution in [0.15, 0.2) is 45.5 Å². The SMILES string of the molecule is Cc1ccc(Br)cc1C(=O)NC(C)Cc1ccco1. The number of amides is 1. The van der Waals surface area contributed by atoms with E-state index in [0.29, 0.717) is 12.0 Å². The fourth-order valence-electron chi connectivity index (χ4n) is 1.92. The van der Waals surface area contributed by atoms with Gasteiger partial charge in [0.15, 0.2) is 0 Å². The number of furan rings is 1. The molecule has 100 valence electrons. The van der Waals surface area contributed by atoms with Crippen molar-refractivity contribution in [1.82, 2.24) is 5.32 Å². The highest BCUT2D eigenvalue weighted by Crippen LogP contribution is 2.16. The van der Waals surface area contributed by atoms with Crippen LogP contribution < -0.4 is 5.32 Å². The second-order valence-corrected chi connectivity index (χ2v) is 5.53. The fraction of sp³-hybridized carbons (Fsp3) is 0.267. The normalized spacial score (nSPS) is 12.2. The van der Waals surface area contributed by atoms with E-state index in [9.17, 15) is 4.79 Å². The van der Waals surface area contributed by atoms with Gasteiger partial charge in [-0.15, -0.1) is 0 Å². The lowest BCUT2D eigenvalue weighted by atomic mass is 10.1. The molecule has 1 amide bonds. The number of benzene rings is 1. The van der Waals surface area contributed by atoms with E-state index >= 15 is 0 Å². The maximum atomic E-state index is 12.2. The first kappa shape index (κ1) is 13.9.